The number of benzene rings is 2. The number of amides is 1. The summed E-state index contributed by atoms with van der Waals surface area (Å²) in [5.74, 6) is 1.78. The lowest BCUT2D eigenvalue weighted by atomic mass is 10.1. The van der Waals surface area contributed by atoms with E-state index in [1.165, 1.54) is 0 Å². The maximum absolute atomic E-state index is 12.2. The summed E-state index contributed by atoms with van der Waals surface area (Å²) in [7, 11) is 4.74. The van der Waals surface area contributed by atoms with Crippen LogP contribution in [0.15, 0.2) is 46.9 Å². The van der Waals surface area contributed by atoms with Crippen molar-refractivity contribution in [1.29, 1.82) is 0 Å². The second-order valence-corrected chi connectivity index (χ2v) is 5.90. The third-order valence-electron chi connectivity index (χ3n) is 4.05. The fourth-order valence-corrected chi connectivity index (χ4v) is 2.62. The molecular weight excluding hydrogens is 362 g/mol. The zero-order chi connectivity index (χ0) is 19.9. The van der Waals surface area contributed by atoms with Crippen molar-refractivity contribution < 1.29 is 23.4 Å². The summed E-state index contributed by atoms with van der Waals surface area (Å²) in [6.07, 6.45) is 0.372. The van der Waals surface area contributed by atoms with Crippen molar-refractivity contribution in [2.75, 3.05) is 21.3 Å². The Morgan fingerprint density at radius 2 is 1.79 bits per heavy atom. The number of ether oxygens (including phenoxy) is 3. The monoisotopic (exact) mass is 383 g/mol. The maximum Gasteiger partial charge on any atom is 0.309 e. The Kier molecular flexibility index (Phi) is 6.11. The van der Waals surface area contributed by atoms with Gasteiger partial charge < -0.3 is 23.9 Å². The van der Waals surface area contributed by atoms with Gasteiger partial charge in [-0.3, -0.25) is 4.79 Å². The lowest BCUT2D eigenvalue weighted by Crippen LogP contribution is -2.23. The molecule has 8 heteroatoms. The van der Waals surface area contributed by atoms with E-state index in [-0.39, 0.29) is 5.89 Å². The van der Waals surface area contributed by atoms with Crippen molar-refractivity contribution in [3.8, 4) is 17.2 Å². The molecule has 1 aromatic heterocycles. The molecule has 0 unspecified atom stereocenters. The van der Waals surface area contributed by atoms with Gasteiger partial charge in [0.05, 0.1) is 27.8 Å². The van der Waals surface area contributed by atoms with Crippen LogP contribution in [0.2, 0.25) is 0 Å². The van der Waals surface area contributed by atoms with Crippen LogP contribution < -0.4 is 19.5 Å². The average molecular weight is 383 g/mol. The molecule has 0 radical (unpaired) electrons. The molecule has 1 heterocycles. The molecule has 8 nitrogen and oxygen atoms in total. The Bertz CT molecular complexity index is 955. The lowest BCUT2D eigenvalue weighted by molar-refractivity contribution is 0.0914. The van der Waals surface area contributed by atoms with E-state index in [1.807, 2.05) is 36.4 Å². The molecule has 0 saturated heterocycles. The molecule has 0 atom stereocenters. The van der Waals surface area contributed by atoms with Crippen molar-refractivity contribution >= 4 is 5.91 Å². The minimum atomic E-state index is -0.436. The first kappa shape index (κ1) is 19.2. The molecule has 0 spiro atoms. The summed E-state index contributed by atoms with van der Waals surface area (Å²) in [6, 6.07) is 12.9. The largest absolute Gasteiger partial charge is 0.497 e. The number of rotatable bonds is 8. The molecule has 0 aliphatic carbocycles. The second-order valence-electron chi connectivity index (χ2n) is 5.90. The number of nitrogens with one attached hydrogen (secondary N) is 1. The van der Waals surface area contributed by atoms with Crippen LogP contribution in [0.25, 0.3) is 0 Å². The third kappa shape index (κ3) is 4.59. The molecule has 146 valence electrons. The van der Waals surface area contributed by atoms with Crippen molar-refractivity contribution in [3.05, 3.63) is 65.4 Å². The highest BCUT2D eigenvalue weighted by Gasteiger charge is 2.15. The first-order valence-electron chi connectivity index (χ1n) is 8.57. The first-order valence-corrected chi connectivity index (χ1v) is 8.57. The maximum atomic E-state index is 12.2. The van der Waals surface area contributed by atoms with Crippen LogP contribution in [0, 0.1) is 0 Å². The highest BCUT2D eigenvalue weighted by molar-refractivity contribution is 5.89. The van der Waals surface area contributed by atoms with Gasteiger partial charge in [-0.1, -0.05) is 18.2 Å². The van der Waals surface area contributed by atoms with Crippen LogP contribution in [0.4, 0.5) is 0 Å². The number of carbonyl (C=O) groups excluding carboxylic acids is 1. The van der Waals surface area contributed by atoms with Gasteiger partial charge in [-0.2, -0.15) is 0 Å². The SMILES string of the molecule is COc1cccc(CNC(=O)c2nnc(Cc3ccc(OC)c(OC)c3)o2)c1. The smallest absolute Gasteiger partial charge is 0.309 e. The topological polar surface area (TPSA) is 95.7 Å². The van der Waals surface area contributed by atoms with Gasteiger partial charge in [0.2, 0.25) is 5.89 Å². The van der Waals surface area contributed by atoms with E-state index in [4.69, 9.17) is 18.6 Å². The van der Waals surface area contributed by atoms with Gasteiger partial charge in [0.25, 0.3) is 0 Å². The Labute approximate surface area is 162 Å². The van der Waals surface area contributed by atoms with Crippen LogP contribution in [0.3, 0.4) is 0 Å². The van der Waals surface area contributed by atoms with E-state index >= 15 is 0 Å². The van der Waals surface area contributed by atoms with Crippen LogP contribution in [-0.4, -0.2) is 37.4 Å². The quantitative estimate of drug-likeness (QED) is 0.639. The van der Waals surface area contributed by atoms with E-state index in [9.17, 15) is 4.79 Å². The Hall–Kier alpha value is -3.55. The highest BCUT2D eigenvalue weighted by atomic mass is 16.5. The highest BCUT2D eigenvalue weighted by Crippen LogP contribution is 2.28. The van der Waals surface area contributed by atoms with Gasteiger partial charge in [0.15, 0.2) is 11.5 Å². The van der Waals surface area contributed by atoms with Gasteiger partial charge in [-0.15, -0.1) is 10.2 Å². The van der Waals surface area contributed by atoms with Gasteiger partial charge in [0, 0.05) is 6.54 Å². The summed E-state index contributed by atoms with van der Waals surface area (Å²) in [6.45, 7) is 0.323. The molecule has 0 saturated carbocycles. The van der Waals surface area contributed by atoms with Crippen molar-refractivity contribution in [3.63, 3.8) is 0 Å². The molecule has 1 N–H and O–H groups in total. The summed E-state index contributed by atoms with van der Waals surface area (Å²) in [4.78, 5) is 12.2. The molecule has 0 bridgehead atoms. The van der Waals surface area contributed by atoms with Crippen LogP contribution in [0.5, 0.6) is 17.2 Å². The minimum absolute atomic E-state index is 0.0848. The second kappa shape index (κ2) is 8.90. The van der Waals surface area contributed by atoms with Crippen LogP contribution in [0.1, 0.15) is 27.7 Å². The fourth-order valence-electron chi connectivity index (χ4n) is 2.62. The van der Waals surface area contributed by atoms with E-state index in [1.54, 1.807) is 27.4 Å². The van der Waals surface area contributed by atoms with E-state index in [0.717, 1.165) is 16.9 Å². The predicted molar refractivity (Wildman–Crippen MR) is 101 cm³/mol. The number of methoxy groups -OCH3 is 3. The Morgan fingerprint density at radius 1 is 0.964 bits per heavy atom. The molecule has 0 aliphatic heterocycles. The predicted octanol–water partition coefficient (Wildman–Crippen LogP) is 2.62. The van der Waals surface area contributed by atoms with Crippen molar-refractivity contribution in [2.45, 2.75) is 13.0 Å². The van der Waals surface area contributed by atoms with Crippen LogP contribution in [-0.2, 0) is 13.0 Å². The molecule has 3 rings (SSSR count). The fraction of sp³-hybridized carbons (Fsp3) is 0.250. The molecule has 3 aromatic rings. The lowest BCUT2D eigenvalue weighted by Gasteiger charge is -2.08. The Balaban J connectivity index is 1.62. The van der Waals surface area contributed by atoms with E-state index in [2.05, 4.69) is 15.5 Å². The number of hydrogen-bond donors (Lipinski definition) is 1. The Morgan fingerprint density at radius 3 is 2.54 bits per heavy atom. The summed E-state index contributed by atoms with van der Waals surface area (Å²) >= 11 is 0. The normalized spacial score (nSPS) is 10.4. The number of aromatic nitrogens is 2. The standard InChI is InChI=1S/C20H21N3O5/c1-25-15-6-4-5-14(9-15)12-21-19(24)20-23-22-18(28-20)11-13-7-8-16(26-2)17(10-13)27-3/h4-10H,11-12H2,1-3H3,(H,21,24). The van der Waals surface area contributed by atoms with Gasteiger partial charge in [-0.25, -0.2) is 0 Å². The summed E-state index contributed by atoms with van der Waals surface area (Å²) < 4.78 is 21.2. The van der Waals surface area contributed by atoms with Crippen molar-refractivity contribution in [1.82, 2.24) is 15.5 Å². The zero-order valence-corrected chi connectivity index (χ0v) is 15.9. The van der Waals surface area contributed by atoms with Gasteiger partial charge in [0.1, 0.15) is 5.75 Å². The molecular formula is C20H21N3O5. The number of carbonyl (C=O) groups is 1. The van der Waals surface area contributed by atoms with Crippen molar-refractivity contribution in [2.24, 2.45) is 0 Å². The molecule has 1 amide bonds. The summed E-state index contributed by atoms with van der Waals surface area (Å²) in [5, 5.41) is 10.5. The number of nitrogens with zero attached hydrogens (tertiary/aromatic N) is 2. The van der Waals surface area contributed by atoms with Crippen LogP contribution >= 0.6 is 0 Å². The number of hydrogen-bond acceptors (Lipinski definition) is 7. The van der Waals surface area contributed by atoms with Gasteiger partial charge >= 0.3 is 11.8 Å². The van der Waals surface area contributed by atoms with Gasteiger partial charge in [-0.05, 0) is 35.4 Å². The molecule has 0 fully saturated rings. The zero-order valence-electron chi connectivity index (χ0n) is 15.9. The third-order valence-corrected chi connectivity index (χ3v) is 4.05. The summed E-state index contributed by atoms with van der Waals surface area (Å²) in [5.41, 5.74) is 1.79. The molecule has 0 aliphatic rings. The average Bonchev–Trinajstić information content (AvgIpc) is 3.20. The molecule has 2 aromatic carbocycles. The minimum Gasteiger partial charge on any atom is -0.497 e. The van der Waals surface area contributed by atoms with E-state index in [0.29, 0.717) is 30.4 Å². The molecule has 28 heavy (non-hydrogen) atoms. The first-order chi connectivity index (χ1) is 13.6. The van der Waals surface area contributed by atoms with E-state index < -0.39 is 5.91 Å².